The van der Waals surface area contributed by atoms with E-state index in [-0.39, 0.29) is 11.9 Å². The fraction of sp³-hybridized carbons (Fsp3) is 0.435. The number of ether oxygens (including phenoxy) is 1. The van der Waals surface area contributed by atoms with Crippen molar-refractivity contribution < 1.29 is 9.53 Å². The first-order valence-electron chi connectivity index (χ1n) is 9.89. The highest BCUT2D eigenvalue weighted by molar-refractivity contribution is 5.94. The van der Waals surface area contributed by atoms with E-state index in [1.807, 2.05) is 40.1 Å². The molecule has 5 nitrogen and oxygen atoms in total. The van der Waals surface area contributed by atoms with E-state index in [0.29, 0.717) is 6.54 Å². The molecule has 0 aliphatic carbocycles. The zero-order valence-electron chi connectivity index (χ0n) is 17.4. The fourth-order valence-electron chi connectivity index (χ4n) is 3.74. The third kappa shape index (κ3) is 5.12. The molecular formula is C23H31N3O2. The summed E-state index contributed by atoms with van der Waals surface area (Å²) in [6.07, 6.45) is 0. The molecule has 3 rings (SSSR count). The maximum absolute atomic E-state index is 12.8. The van der Waals surface area contributed by atoms with Crippen molar-refractivity contribution in [2.75, 3.05) is 51.8 Å². The zero-order chi connectivity index (χ0) is 20.1. The van der Waals surface area contributed by atoms with Crippen LogP contribution in [0.5, 0.6) is 0 Å². The van der Waals surface area contributed by atoms with Gasteiger partial charge in [-0.3, -0.25) is 9.69 Å². The van der Waals surface area contributed by atoms with Crippen molar-refractivity contribution in [3.05, 3.63) is 64.7 Å². The third-order valence-corrected chi connectivity index (χ3v) is 5.22. The molecule has 1 amide bonds. The Bertz CT molecular complexity index is 776. The summed E-state index contributed by atoms with van der Waals surface area (Å²) in [7, 11) is 4.08. The number of amides is 1. The Labute approximate surface area is 168 Å². The van der Waals surface area contributed by atoms with E-state index in [9.17, 15) is 4.79 Å². The van der Waals surface area contributed by atoms with Crippen molar-refractivity contribution in [1.82, 2.24) is 10.2 Å². The average molecular weight is 382 g/mol. The predicted molar refractivity (Wildman–Crippen MR) is 114 cm³/mol. The molecule has 1 heterocycles. The lowest BCUT2D eigenvalue weighted by molar-refractivity contribution is 0.0162. The first kappa shape index (κ1) is 20.4. The summed E-state index contributed by atoms with van der Waals surface area (Å²) in [5.74, 6) is -0.0185. The van der Waals surface area contributed by atoms with E-state index < -0.39 is 0 Å². The van der Waals surface area contributed by atoms with E-state index in [1.54, 1.807) is 0 Å². The molecule has 1 N–H and O–H groups in total. The first-order chi connectivity index (χ1) is 13.4. The van der Waals surface area contributed by atoms with Gasteiger partial charge in [0.25, 0.3) is 5.91 Å². The van der Waals surface area contributed by atoms with Crippen LogP contribution in [-0.4, -0.2) is 57.8 Å². The summed E-state index contributed by atoms with van der Waals surface area (Å²) in [6.45, 7) is 7.83. The predicted octanol–water partition coefficient (Wildman–Crippen LogP) is 3.17. The minimum atomic E-state index is -0.0185. The smallest absolute Gasteiger partial charge is 0.251 e. The topological polar surface area (TPSA) is 44.8 Å². The maximum Gasteiger partial charge on any atom is 0.251 e. The average Bonchev–Trinajstić information content (AvgIpc) is 2.68. The van der Waals surface area contributed by atoms with Crippen LogP contribution in [0.1, 0.15) is 33.1 Å². The molecule has 150 valence electrons. The Morgan fingerprint density at radius 2 is 1.68 bits per heavy atom. The minimum Gasteiger partial charge on any atom is -0.379 e. The number of carbonyl (C=O) groups is 1. The molecule has 0 unspecified atom stereocenters. The molecule has 0 aromatic heterocycles. The third-order valence-electron chi connectivity index (χ3n) is 5.22. The summed E-state index contributed by atoms with van der Waals surface area (Å²) in [5.41, 5.74) is 5.32. The summed E-state index contributed by atoms with van der Waals surface area (Å²) < 4.78 is 5.52. The highest BCUT2D eigenvalue weighted by atomic mass is 16.5. The van der Waals surface area contributed by atoms with Crippen molar-refractivity contribution in [3.8, 4) is 0 Å². The number of benzene rings is 2. The molecule has 0 saturated carbocycles. The summed E-state index contributed by atoms with van der Waals surface area (Å²) in [4.78, 5) is 17.2. The number of hydrogen-bond donors (Lipinski definition) is 1. The summed E-state index contributed by atoms with van der Waals surface area (Å²) >= 11 is 0. The van der Waals surface area contributed by atoms with Crippen LogP contribution in [-0.2, 0) is 4.74 Å². The number of morpholine rings is 1. The molecule has 0 spiro atoms. The molecule has 1 saturated heterocycles. The van der Waals surface area contributed by atoms with Crippen molar-refractivity contribution in [3.63, 3.8) is 0 Å². The lowest BCUT2D eigenvalue weighted by Gasteiger charge is -2.35. The molecule has 1 aliphatic rings. The Morgan fingerprint density at radius 3 is 2.25 bits per heavy atom. The number of anilines is 1. The Hall–Kier alpha value is -2.37. The Balaban J connectivity index is 1.76. The molecule has 1 fully saturated rings. The van der Waals surface area contributed by atoms with Crippen LogP contribution < -0.4 is 10.2 Å². The van der Waals surface area contributed by atoms with Gasteiger partial charge in [0.1, 0.15) is 0 Å². The lowest BCUT2D eigenvalue weighted by Crippen LogP contribution is -2.43. The number of nitrogens with zero attached hydrogens (tertiary/aromatic N) is 2. The Morgan fingerprint density at radius 1 is 1.07 bits per heavy atom. The highest BCUT2D eigenvalue weighted by Gasteiger charge is 2.23. The van der Waals surface area contributed by atoms with Crippen LogP contribution in [0.2, 0.25) is 0 Å². The molecule has 1 aliphatic heterocycles. The molecule has 28 heavy (non-hydrogen) atoms. The van der Waals surface area contributed by atoms with Gasteiger partial charge in [0.15, 0.2) is 0 Å². The lowest BCUT2D eigenvalue weighted by atomic mass is 10.0. The van der Waals surface area contributed by atoms with Crippen LogP contribution in [0.3, 0.4) is 0 Å². The second kappa shape index (κ2) is 9.22. The second-order valence-electron chi connectivity index (χ2n) is 7.74. The van der Waals surface area contributed by atoms with Crippen LogP contribution in [0, 0.1) is 13.8 Å². The number of nitrogens with one attached hydrogen (secondary N) is 1. The fourth-order valence-corrected chi connectivity index (χ4v) is 3.74. The van der Waals surface area contributed by atoms with E-state index in [2.05, 4.69) is 45.4 Å². The van der Waals surface area contributed by atoms with Gasteiger partial charge in [-0.25, -0.2) is 0 Å². The van der Waals surface area contributed by atoms with Gasteiger partial charge in [0.05, 0.1) is 19.3 Å². The molecule has 5 heteroatoms. The number of rotatable bonds is 6. The normalized spacial score (nSPS) is 15.9. The van der Waals surface area contributed by atoms with Gasteiger partial charge in [0, 0.05) is 45.0 Å². The highest BCUT2D eigenvalue weighted by Crippen LogP contribution is 2.24. The van der Waals surface area contributed by atoms with Gasteiger partial charge in [-0.05, 0) is 43.7 Å². The van der Waals surface area contributed by atoms with Gasteiger partial charge in [-0.2, -0.15) is 0 Å². The van der Waals surface area contributed by atoms with Crippen LogP contribution >= 0.6 is 0 Å². The number of carbonyl (C=O) groups excluding carboxylic acids is 1. The molecule has 2 aromatic carbocycles. The van der Waals surface area contributed by atoms with Crippen LogP contribution in [0.4, 0.5) is 5.69 Å². The van der Waals surface area contributed by atoms with E-state index in [1.165, 1.54) is 11.3 Å². The molecule has 1 atom stereocenters. The number of aryl methyl sites for hydroxylation is 2. The van der Waals surface area contributed by atoms with Gasteiger partial charge in [-0.15, -0.1) is 0 Å². The van der Waals surface area contributed by atoms with Crippen molar-refractivity contribution >= 4 is 11.6 Å². The molecule has 0 radical (unpaired) electrons. The van der Waals surface area contributed by atoms with Gasteiger partial charge in [0.2, 0.25) is 0 Å². The standard InChI is InChI=1S/C23H31N3O2/c1-17-13-18(2)15-20(14-17)23(27)24-16-22(26-9-11-28-12-10-26)19-5-7-21(8-6-19)25(3)4/h5-8,13-15,22H,9-12,16H2,1-4H3,(H,24,27)/t22-/m0/s1. The van der Waals surface area contributed by atoms with Crippen LogP contribution in [0.15, 0.2) is 42.5 Å². The Kier molecular flexibility index (Phi) is 6.70. The first-order valence-corrected chi connectivity index (χ1v) is 9.89. The summed E-state index contributed by atoms with van der Waals surface area (Å²) in [6, 6.07) is 14.7. The summed E-state index contributed by atoms with van der Waals surface area (Å²) in [5, 5.41) is 3.15. The van der Waals surface area contributed by atoms with Crippen LogP contribution in [0.25, 0.3) is 0 Å². The van der Waals surface area contributed by atoms with Gasteiger partial charge < -0.3 is 15.0 Å². The van der Waals surface area contributed by atoms with E-state index >= 15 is 0 Å². The SMILES string of the molecule is Cc1cc(C)cc(C(=O)NC[C@@H](c2ccc(N(C)C)cc2)N2CCOCC2)c1. The van der Waals surface area contributed by atoms with Crippen molar-refractivity contribution in [2.45, 2.75) is 19.9 Å². The van der Waals surface area contributed by atoms with Gasteiger partial charge >= 0.3 is 0 Å². The molecule has 0 bridgehead atoms. The minimum absolute atomic E-state index is 0.0185. The van der Waals surface area contributed by atoms with Gasteiger partial charge in [-0.1, -0.05) is 29.3 Å². The second-order valence-corrected chi connectivity index (χ2v) is 7.74. The molecule has 2 aromatic rings. The number of hydrogen-bond acceptors (Lipinski definition) is 4. The van der Waals surface area contributed by atoms with E-state index in [4.69, 9.17) is 4.74 Å². The van der Waals surface area contributed by atoms with Crippen molar-refractivity contribution in [2.24, 2.45) is 0 Å². The zero-order valence-corrected chi connectivity index (χ0v) is 17.4. The quantitative estimate of drug-likeness (QED) is 0.835. The monoisotopic (exact) mass is 381 g/mol. The molecular weight excluding hydrogens is 350 g/mol. The van der Waals surface area contributed by atoms with Crippen molar-refractivity contribution in [1.29, 1.82) is 0 Å². The van der Waals surface area contributed by atoms with E-state index in [0.717, 1.165) is 43.0 Å². The maximum atomic E-state index is 12.8. The largest absolute Gasteiger partial charge is 0.379 e.